The first-order valence-corrected chi connectivity index (χ1v) is 19.6. The zero-order chi connectivity index (χ0) is 38.8. The van der Waals surface area contributed by atoms with Gasteiger partial charge in [0.1, 0.15) is 0 Å². The van der Waals surface area contributed by atoms with Gasteiger partial charge in [-0.2, -0.15) is 5.26 Å². The first kappa shape index (κ1) is 34.6. The third kappa shape index (κ3) is 6.60. The Morgan fingerprint density at radius 1 is 0.362 bits per heavy atom. The molecule has 0 saturated heterocycles. The maximum atomic E-state index is 9.21. The zero-order valence-corrected chi connectivity index (χ0v) is 31.7. The number of para-hydroxylation sites is 1. The van der Waals surface area contributed by atoms with E-state index in [4.69, 9.17) is 0 Å². The maximum Gasteiger partial charge on any atom is 0.0991 e. The predicted octanol–water partition coefficient (Wildman–Crippen LogP) is 14.7. The molecule has 0 radical (unpaired) electrons. The van der Waals surface area contributed by atoms with Gasteiger partial charge in [0, 0.05) is 33.4 Å². The molecule has 10 aromatic rings. The molecule has 0 fully saturated rings. The van der Waals surface area contributed by atoms with E-state index in [2.05, 4.69) is 204 Å². The Morgan fingerprint density at radius 3 is 1.48 bits per heavy atom. The van der Waals surface area contributed by atoms with E-state index in [-0.39, 0.29) is 0 Å². The summed E-state index contributed by atoms with van der Waals surface area (Å²) in [4.78, 5) is 0. The Labute approximate surface area is 338 Å². The molecule has 0 aliphatic heterocycles. The molecule has 3 nitrogen and oxygen atoms in total. The van der Waals surface area contributed by atoms with Crippen molar-refractivity contribution in [2.45, 2.75) is 0 Å². The first-order chi connectivity index (χ1) is 28.7. The van der Waals surface area contributed by atoms with Gasteiger partial charge in [-0.05, 0) is 117 Å². The van der Waals surface area contributed by atoms with Crippen molar-refractivity contribution in [2.75, 3.05) is 5.32 Å². The molecule has 1 aromatic heterocycles. The molecule has 9 aromatic carbocycles. The van der Waals surface area contributed by atoms with Crippen LogP contribution in [0.2, 0.25) is 0 Å². The van der Waals surface area contributed by atoms with Gasteiger partial charge in [0.05, 0.1) is 22.7 Å². The van der Waals surface area contributed by atoms with Crippen molar-refractivity contribution in [3.8, 4) is 67.4 Å². The van der Waals surface area contributed by atoms with Crippen molar-refractivity contribution in [3.63, 3.8) is 0 Å². The van der Waals surface area contributed by atoms with Crippen molar-refractivity contribution >= 4 is 33.2 Å². The van der Waals surface area contributed by atoms with Crippen molar-refractivity contribution in [3.05, 3.63) is 224 Å². The average molecular weight is 740 g/mol. The van der Waals surface area contributed by atoms with Gasteiger partial charge in [0.25, 0.3) is 0 Å². The minimum Gasteiger partial charge on any atom is -0.355 e. The van der Waals surface area contributed by atoms with E-state index in [9.17, 15) is 5.26 Å². The molecule has 0 amide bonds. The normalized spacial score (nSPS) is 11.1. The largest absolute Gasteiger partial charge is 0.355 e. The second-order valence-corrected chi connectivity index (χ2v) is 14.6. The van der Waals surface area contributed by atoms with E-state index < -0.39 is 0 Å². The molecule has 0 aliphatic carbocycles. The van der Waals surface area contributed by atoms with Gasteiger partial charge in [-0.25, -0.2) is 0 Å². The van der Waals surface area contributed by atoms with Crippen LogP contribution in [0.4, 0.5) is 11.4 Å². The summed E-state index contributed by atoms with van der Waals surface area (Å²) < 4.78 is 2.35. The number of rotatable bonds is 8. The lowest BCUT2D eigenvalue weighted by Crippen LogP contribution is -1.94. The van der Waals surface area contributed by atoms with Crippen LogP contribution in [0.1, 0.15) is 5.56 Å². The van der Waals surface area contributed by atoms with Crippen LogP contribution in [0.15, 0.2) is 218 Å². The van der Waals surface area contributed by atoms with Gasteiger partial charge in [-0.3, -0.25) is 0 Å². The van der Waals surface area contributed by atoms with Crippen molar-refractivity contribution in [1.29, 1.82) is 5.26 Å². The highest BCUT2D eigenvalue weighted by Crippen LogP contribution is 2.38. The molecule has 0 atom stereocenters. The highest BCUT2D eigenvalue weighted by Gasteiger charge is 2.14. The summed E-state index contributed by atoms with van der Waals surface area (Å²) in [5.74, 6) is 0. The number of nitriles is 1. The summed E-state index contributed by atoms with van der Waals surface area (Å²) in [7, 11) is 0. The number of hydrogen-bond donors (Lipinski definition) is 1. The minimum absolute atomic E-state index is 0.666. The van der Waals surface area contributed by atoms with Gasteiger partial charge in [0.15, 0.2) is 0 Å². The number of aromatic nitrogens is 1. The van der Waals surface area contributed by atoms with E-state index in [1.54, 1.807) is 0 Å². The van der Waals surface area contributed by atoms with Crippen LogP contribution in [-0.2, 0) is 0 Å². The van der Waals surface area contributed by atoms with Crippen LogP contribution < -0.4 is 5.32 Å². The summed E-state index contributed by atoms with van der Waals surface area (Å²) in [6.45, 7) is 0. The third-order valence-electron chi connectivity index (χ3n) is 11.1. The molecule has 0 spiro atoms. The smallest absolute Gasteiger partial charge is 0.0991 e. The molecular weight excluding hydrogens is 703 g/mol. The summed E-state index contributed by atoms with van der Waals surface area (Å²) in [6, 6.07) is 79.4. The molecule has 0 unspecified atom stereocenters. The first-order valence-electron chi connectivity index (χ1n) is 19.6. The van der Waals surface area contributed by atoms with E-state index in [1.165, 1.54) is 60.8 Å². The molecule has 58 heavy (non-hydrogen) atoms. The summed E-state index contributed by atoms with van der Waals surface area (Å²) in [5, 5.41) is 15.4. The van der Waals surface area contributed by atoms with Crippen molar-refractivity contribution in [2.24, 2.45) is 0 Å². The van der Waals surface area contributed by atoms with Gasteiger partial charge < -0.3 is 9.88 Å². The predicted molar refractivity (Wildman–Crippen MR) is 242 cm³/mol. The lowest BCUT2D eigenvalue weighted by molar-refractivity contribution is 1.18. The fourth-order valence-electron chi connectivity index (χ4n) is 8.05. The lowest BCUT2D eigenvalue weighted by atomic mass is 9.95. The second-order valence-electron chi connectivity index (χ2n) is 14.6. The van der Waals surface area contributed by atoms with Crippen LogP contribution in [0.25, 0.3) is 83.1 Å². The molecule has 272 valence electrons. The fraction of sp³-hybridized carbons (Fsp3) is 0. The molecular formula is C55H37N3. The third-order valence-corrected chi connectivity index (χ3v) is 11.1. The van der Waals surface area contributed by atoms with Crippen LogP contribution in [0, 0.1) is 11.3 Å². The van der Waals surface area contributed by atoms with E-state index in [0.29, 0.717) is 5.56 Å². The molecule has 0 aliphatic rings. The quantitative estimate of drug-likeness (QED) is 0.169. The number of anilines is 2. The SMILES string of the molecule is N#Cc1ccc(-c2ccc(-n3c4ccccc4c4cc(-c5ccc(-c6ccc(Nc7ccc(-c8ccccc8)cc7)c(-c7ccccc7)c6)cc5)ccc43)cc2)cc1. The summed E-state index contributed by atoms with van der Waals surface area (Å²) in [5.41, 5.74) is 17.9. The standard InChI is InChI=1S/C55H37N3/c56-37-38-15-17-40(18-16-38)42-25-31-49(32-26-42)58-54-14-8-7-13-50(54)52-36-47(28-34-55(52)58)44-21-19-43(20-22-44)46-27-33-53(51(35-46)45-11-5-2-6-12-45)57-48-29-23-41(24-30-48)39-9-3-1-4-10-39/h1-36,57H. The van der Waals surface area contributed by atoms with Crippen LogP contribution in [-0.4, -0.2) is 4.57 Å². The van der Waals surface area contributed by atoms with E-state index in [1.807, 2.05) is 30.3 Å². The van der Waals surface area contributed by atoms with Gasteiger partial charge in [0.2, 0.25) is 0 Å². The summed E-state index contributed by atoms with van der Waals surface area (Å²) in [6.07, 6.45) is 0. The fourth-order valence-corrected chi connectivity index (χ4v) is 8.05. The highest BCUT2D eigenvalue weighted by molar-refractivity contribution is 6.10. The van der Waals surface area contributed by atoms with Crippen molar-refractivity contribution < 1.29 is 0 Å². The van der Waals surface area contributed by atoms with Crippen molar-refractivity contribution in [1.82, 2.24) is 4.57 Å². The van der Waals surface area contributed by atoms with E-state index >= 15 is 0 Å². The van der Waals surface area contributed by atoms with Crippen LogP contribution in [0.5, 0.6) is 0 Å². The number of hydrogen-bond acceptors (Lipinski definition) is 2. The Bertz CT molecular complexity index is 3080. The van der Waals surface area contributed by atoms with Gasteiger partial charge in [-0.15, -0.1) is 0 Å². The molecule has 10 rings (SSSR count). The molecule has 0 bridgehead atoms. The number of nitrogens with zero attached hydrogens (tertiary/aromatic N) is 2. The Kier molecular flexibility index (Phi) is 8.91. The number of nitrogens with one attached hydrogen (secondary N) is 1. The van der Waals surface area contributed by atoms with Crippen LogP contribution >= 0.6 is 0 Å². The highest BCUT2D eigenvalue weighted by atomic mass is 15.0. The Morgan fingerprint density at radius 2 is 0.828 bits per heavy atom. The molecule has 1 heterocycles. The van der Waals surface area contributed by atoms with Gasteiger partial charge in [-0.1, -0.05) is 152 Å². The topological polar surface area (TPSA) is 40.8 Å². The molecule has 0 saturated carbocycles. The maximum absolute atomic E-state index is 9.21. The number of benzene rings is 9. The Balaban J connectivity index is 0.947. The zero-order valence-electron chi connectivity index (χ0n) is 31.7. The number of fused-ring (bicyclic) bond motifs is 3. The van der Waals surface area contributed by atoms with Crippen LogP contribution in [0.3, 0.4) is 0 Å². The second kappa shape index (κ2) is 15.0. The van der Waals surface area contributed by atoms with Gasteiger partial charge >= 0.3 is 0 Å². The average Bonchev–Trinajstić information content (AvgIpc) is 3.64. The Hall–Kier alpha value is -7.93. The minimum atomic E-state index is 0.666. The summed E-state index contributed by atoms with van der Waals surface area (Å²) >= 11 is 0. The lowest BCUT2D eigenvalue weighted by Gasteiger charge is -2.15. The molecule has 3 heteroatoms. The van der Waals surface area contributed by atoms with E-state index in [0.717, 1.165) is 33.8 Å². The monoisotopic (exact) mass is 739 g/mol. The molecule has 1 N–H and O–H groups in total.